The monoisotopic (exact) mass is 286 g/mol. The maximum absolute atomic E-state index is 11.9. The topological polar surface area (TPSA) is 81.9 Å². The Morgan fingerprint density at radius 2 is 2.16 bits per heavy atom. The molecule has 1 aromatic carbocycles. The number of hydrogen-bond donors (Lipinski definition) is 1. The van der Waals surface area contributed by atoms with E-state index < -0.39 is 18.1 Å². The first-order valence-electron chi connectivity index (χ1n) is 5.46. The van der Waals surface area contributed by atoms with Crippen LogP contribution in [0.4, 0.5) is 4.79 Å². The second-order valence-corrected chi connectivity index (χ2v) is 4.21. The van der Waals surface area contributed by atoms with Gasteiger partial charge < -0.3 is 10.5 Å². The second kappa shape index (κ2) is 6.96. The molecule has 0 radical (unpaired) electrons. The molecular formula is C12H15ClN2O4. The highest BCUT2D eigenvalue weighted by Gasteiger charge is 2.26. The summed E-state index contributed by atoms with van der Waals surface area (Å²) in [7, 11) is 2.75. The third-order valence-electron chi connectivity index (χ3n) is 2.43. The third kappa shape index (κ3) is 4.76. The van der Waals surface area contributed by atoms with Gasteiger partial charge >= 0.3 is 6.09 Å². The fourth-order valence-corrected chi connectivity index (χ4v) is 1.70. The zero-order valence-electron chi connectivity index (χ0n) is 10.6. The highest BCUT2D eigenvalue weighted by atomic mass is 35.5. The number of rotatable bonds is 5. The molecule has 1 aromatic rings. The maximum atomic E-state index is 11.9. The lowest BCUT2D eigenvalue weighted by atomic mass is 10.1. The predicted octanol–water partition coefficient (Wildman–Crippen LogP) is 1.37. The average molecular weight is 287 g/mol. The number of likely N-dealkylation sites (N-methyl/N-ethyl adjacent to an activating group) is 1. The first-order valence-corrected chi connectivity index (χ1v) is 5.84. The van der Waals surface area contributed by atoms with E-state index in [2.05, 4.69) is 0 Å². The van der Waals surface area contributed by atoms with Gasteiger partial charge in [0.25, 0.3) is 5.91 Å². The van der Waals surface area contributed by atoms with Crippen LogP contribution < -0.4 is 5.73 Å². The Labute approximate surface area is 116 Å². The zero-order valence-corrected chi connectivity index (χ0v) is 11.4. The largest absolute Gasteiger partial charge is 0.436 e. The van der Waals surface area contributed by atoms with Crippen LogP contribution in [-0.2, 0) is 20.8 Å². The molecular weight excluding hydrogens is 272 g/mol. The highest BCUT2D eigenvalue weighted by Crippen LogP contribution is 2.14. The number of nitrogens with zero attached hydrogens (tertiary/aromatic N) is 1. The Bertz CT molecular complexity index is 467. The van der Waals surface area contributed by atoms with Gasteiger partial charge in [-0.3, -0.25) is 9.63 Å². The molecule has 0 saturated carbocycles. The summed E-state index contributed by atoms with van der Waals surface area (Å²) in [4.78, 5) is 27.5. The Morgan fingerprint density at radius 1 is 1.47 bits per heavy atom. The van der Waals surface area contributed by atoms with Gasteiger partial charge in [-0.05, 0) is 17.7 Å². The summed E-state index contributed by atoms with van der Waals surface area (Å²) in [6.45, 7) is 0. The highest BCUT2D eigenvalue weighted by molar-refractivity contribution is 6.30. The van der Waals surface area contributed by atoms with Crippen LogP contribution >= 0.6 is 11.6 Å². The number of hydrogen-bond acceptors (Lipinski definition) is 4. The minimum absolute atomic E-state index is 0.163. The van der Waals surface area contributed by atoms with E-state index in [0.29, 0.717) is 5.02 Å². The van der Waals surface area contributed by atoms with Crippen LogP contribution in [0.25, 0.3) is 0 Å². The molecule has 2 amide bonds. The minimum atomic E-state index is -1.05. The Balaban J connectivity index is 2.85. The number of benzene rings is 1. The van der Waals surface area contributed by atoms with Crippen molar-refractivity contribution in [1.82, 2.24) is 5.06 Å². The van der Waals surface area contributed by atoms with E-state index in [1.807, 2.05) is 0 Å². The standard InChI is InChI=1S/C12H15ClN2O4/c1-15(18-2)11(16)10(19-12(14)17)7-8-4-3-5-9(13)6-8/h3-6,10H,7H2,1-2H3,(H2,14,17). The molecule has 0 saturated heterocycles. The fraction of sp³-hybridized carbons (Fsp3) is 0.333. The van der Waals surface area contributed by atoms with E-state index in [9.17, 15) is 9.59 Å². The van der Waals surface area contributed by atoms with Gasteiger partial charge in [-0.1, -0.05) is 23.7 Å². The van der Waals surface area contributed by atoms with E-state index in [-0.39, 0.29) is 6.42 Å². The van der Waals surface area contributed by atoms with Crippen LogP contribution in [0, 0.1) is 0 Å². The van der Waals surface area contributed by atoms with Crippen molar-refractivity contribution >= 4 is 23.6 Å². The number of halogens is 1. The summed E-state index contributed by atoms with van der Waals surface area (Å²) < 4.78 is 4.80. The number of ether oxygens (including phenoxy) is 1. The molecule has 6 nitrogen and oxygen atoms in total. The minimum Gasteiger partial charge on any atom is -0.436 e. The van der Waals surface area contributed by atoms with Crippen molar-refractivity contribution in [3.8, 4) is 0 Å². The Morgan fingerprint density at radius 3 is 2.68 bits per heavy atom. The van der Waals surface area contributed by atoms with Crippen molar-refractivity contribution in [2.45, 2.75) is 12.5 Å². The smallest absolute Gasteiger partial charge is 0.405 e. The summed E-state index contributed by atoms with van der Waals surface area (Å²) in [6.07, 6.45) is -1.92. The number of hydroxylamine groups is 2. The molecule has 1 unspecified atom stereocenters. The van der Waals surface area contributed by atoms with Gasteiger partial charge in [0.1, 0.15) is 0 Å². The van der Waals surface area contributed by atoms with Gasteiger partial charge in [0, 0.05) is 18.5 Å². The molecule has 0 spiro atoms. The number of primary amides is 1. The van der Waals surface area contributed by atoms with E-state index >= 15 is 0 Å². The molecule has 0 aliphatic rings. The lowest BCUT2D eigenvalue weighted by Gasteiger charge is -2.21. The van der Waals surface area contributed by atoms with Gasteiger partial charge in [0.2, 0.25) is 0 Å². The Hall–Kier alpha value is -1.79. The third-order valence-corrected chi connectivity index (χ3v) is 2.66. The van der Waals surface area contributed by atoms with Gasteiger partial charge in [0.15, 0.2) is 6.10 Å². The molecule has 7 heteroatoms. The molecule has 2 N–H and O–H groups in total. The lowest BCUT2D eigenvalue weighted by molar-refractivity contribution is -0.177. The number of carbonyl (C=O) groups is 2. The molecule has 104 valence electrons. The maximum Gasteiger partial charge on any atom is 0.405 e. The number of carbonyl (C=O) groups excluding carboxylic acids is 2. The molecule has 0 bridgehead atoms. The SMILES string of the molecule is CON(C)C(=O)C(Cc1cccc(Cl)c1)OC(N)=O. The summed E-state index contributed by atoms with van der Waals surface area (Å²) >= 11 is 5.85. The molecule has 0 fully saturated rings. The van der Waals surface area contributed by atoms with E-state index in [1.54, 1.807) is 24.3 Å². The molecule has 1 rings (SSSR count). The normalized spacial score (nSPS) is 11.7. The first-order chi connectivity index (χ1) is 8.93. The van der Waals surface area contributed by atoms with Crippen LogP contribution in [0.1, 0.15) is 5.56 Å². The summed E-state index contributed by atoms with van der Waals surface area (Å²) in [6, 6.07) is 6.89. The van der Waals surface area contributed by atoms with E-state index in [4.69, 9.17) is 26.9 Å². The number of nitrogens with two attached hydrogens (primary N) is 1. The van der Waals surface area contributed by atoms with Gasteiger partial charge in [-0.2, -0.15) is 0 Å². The molecule has 1 atom stereocenters. The summed E-state index contributed by atoms with van der Waals surface area (Å²) in [5.41, 5.74) is 5.70. The van der Waals surface area contributed by atoms with Crippen LogP contribution in [0.3, 0.4) is 0 Å². The zero-order chi connectivity index (χ0) is 14.4. The van der Waals surface area contributed by atoms with Crippen LogP contribution in [0.2, 0.25) is 5.02 Å². The number of amides is 2. The second-order valence-electron chi connectivity index (χ2n) is 3.78. The molecule has 0 heterocycles. The van der Waals surface area contributed by atoms with Gasteiger partial charge in [-0.15, -0.1) is 0 Å². The van der Waals surface area contributed by atoms with Crippen LogP contribution in [0.5, 0.6) is 0 Å². The van der Waals surface area contributed by atoms with Crippen LogP contribution in [-0.4, -0.2) is 37.3 Å². The van der Waals surface area contributed by atoms with Crippen molar-refractivity contribution in [3.05, 3.63) is 34.9 Å². The van der Waals surface area contributed by atoms with Gasteiger partial charge in [0.05, 0.1) is 7.11 Å². The molecule has 0 aliphatic heterocycles. The molecule has 0 aliphatic carbocycles. The van der Waals surface area contributed by atoms with E-state index in [0.717, 1.165) is 10.6 Å². The van der Waals surface area contributed by atoms with Crippen molar-refractivity contribution in [1.29, 1.82) is 0 Å². The lowest BCUT2D eigenvalue weighted by Crippen LogP contribution is -2.40. The summed E-state index contributed by atoms with van der Waals surface area (Å²) in [5.74, 6) is -0.513. The average Bonchev–Trinajstić information content (AvgIpc) is 2.35. The van der Waals surface area contributed by atoms with Crippen LogP contribution in [0.15, 0.2) is 24.3 Å². The van der Waals surface area contributed by atoms with Crippen molar-refractivity contribution in [2.75, 3.05) is 14.2 Å². The fourth-order valence-electron chi connectivity index (χ4n) is 1.49. The van der Waals surface area contributed by atoms with Crippen molar-refractivity contribution in [2.24, 2.45) is 5.73 Å². The quantitative estimate of drug-likeness (QED) is 0.829. The molecule has 19 heavy (non-hydrogen) atoms. The summed E-state index contributed by atoms with van der Waals surface area (Å²) in [5, 5.41) is 1.50. The first kappa shape index (κ1) is 15.3. The predicted molar refractivity (Wildman–Crippen MR) is 69.4 cm³/mol. The Kier molecular flexibility index (Phi) is 5.59. The van der Waals surface area contributed by atoms with Crippen molar-refractivity contribution in [3.63, 3.8) is 0 Å². The molecule has 0 aromatic heterocycles. The van der Waals surface area contributed by atoms with Crippen molar-refractivity contribution < 1.29 is 19.2 Å². The van der Waals surface area contributed by atoms with E-state index in [1.165, 1.54) is 14.2 Å². The van der Waals surface area contributed by atoms with Gasteiger partial charge in [-0.25, -0.2) is 9.86 Å².